The molecule has 0 radical (unpaired) electrons. The van der Waals surface area contributed by atoms with Gasteiger partial charge in [-0.05, 0) is 81.8 Å². The molecular formula is C29H41N3O5. The number of aromatic nitrogens is 2. The molecule has 1 aromatic carbocycles. The number of ether oxygens (including phenoxy) is 2. The maximum absolute atomic E-state index is 12.3. The second-order valence-corrected chi connectivity index (χ2v) is 11.4. The van der Waals surface area contributed by atoms with Crippen molar-refractivity contribution < 1.29 is 24.2 Å². The third-order valence-electron chi connectivity index (χ3n) is 9.28. The number of imidazole rings is 1. The average molecular weight is 512 g/mol. The van der Waals surface area contributed by atoms with Crippen molar-refractivity contribution in [3.63, 3.8) is 0 Å². The van der Waals surface area contributed by atoms with Gasteiger partial charge in [-0.3, -0.25) is 4.79 Å². The lowest BCUT2D eigenvalue weighted by atomic mass is 9.79. The van der Waals surface area contributed by atoms with E-state index in [0.717, 1.165) is 80.2 Å². The quantitative estimate of drug-likeness (QED) is 0.537. The molecule has 0 spiro atoms. The molecule has 2 heterocycles. The largest absolute Gasteiger partial charge is 0.481 e. The van der Waals surface area contributed by atoms with E-state index >= 15 is 0 Å². The average Bonchev–Trinajstić information content (AvgIpc) is 3.32. The van der Waals surface area contributed by atoms with Crippen LogP contribution in [0.25, 0.3) is 11.0 Å². The summed E-state index contributed by atoms with van der Waals surface area (Å²) in [6.45, 7) is 3.49. The van der Waals surface area contributed by atoms with E-state index in [4.69, 9.17) is 14.5 Å². The van der Waals surface area contributed by atoms with Crippen molar-refractivity contribution in [2.45, 2.75) is 95.7 Å². The Balaban J connectivity index is 1.55. The minimum atomic E-state index is -0.709. The minimum Gasteiger partial charge on any atom is -0.481 e. The minimum absolute atomic E-state index is 0.195. The zero-order valence-electron chi connectivity index (χ0n) is 22.4. The molecule has 1 aliphatic heterocycles. The van der Waals surface area contributed by atoms with Crippen molar-refractivity contribution in [3.8, 4) is 0 Å². The van der Waals surface area contributed by atoms with E-state index in [2.05, 4.69) is 23.6 Å². The Morgan fingerprint density at radius 1 is 1.14 bits per heavy atom. The Morgan fingerprint density at radius 3 is 2.62 bits per heavy atom. The monoisotopic (exact) mass is 511 g/mol. The van der Waals surface area contributed by atoms with Crippen LogP contribution in [0.3, 0.4) is 0 Å². The van der Waals surface area contributed by atoms with Crippen LogP contribution in [0.2, 0.25) is 0 Å². The maximum Gasteiger partial charge on any atom is 0.409 e. The number of rotatable bonds is 6. The van der Waals surface area contributed by atoms with E-state index in [1.54, 1.807) is 4.90 Å². The Kier molecular flexibility index (Phi) is 7.75. The predicted molar refractivity (Wildman–Crippen MR) is 141 cm³/mol. The highest BCUT2D eigenvalue weighted by Gasteiger charge is 2.34. The number of benzene rings is 1. The van der Waals surface area contributed by atoms with Gasteiger partial charge < -0.3 is 24.0 Å². The van der Waals surface area contributed by atoms with Crippen LogP contribution >= 0.6 is 0 Å². The molecule has 2 aliphatic carbocycles. The summed E-state index contributed by atoms with van der Waals surface area (Å²) < 4.78 is 13.1. The highest BCUT2D eigenvalue weighted by atomic mass is 16.5. The molecule has 1 N–H and O–H groups in total. The zero-order chi connectivity index (χ0) is 26.1. The molecule has 37 heavy (non-hydrogen) atoms. The number of aliphatic carboxylic acids is 1. The molecule has 8 heteroatoms. The van der Waals surface area contributed by atoms with Gasteiger partial charge in [0.15, 0.2) is 0 Å². The smallest absolute Gasteiger partial charge is 0.409 e. The molecule has 202 valence electrons. The first-order valence-electron chi connectivity index (χ1n) is 14.0. The van der Waals surface area contributed by atoms with Gasteiger partial charge in [0, 0.05) is 37.6 Å². The van der Waals surface area contributed by atoms with Crippen molar-refractivity contribution in [1.29, 1.82) is 0 Å². The number of carbonyl (C=O) groups is 2. The number of fused-ring (bicyclic) bond motifs is 3. The fourth-order valence-corrected chi connectivity index (χ4v) is 7.19. The lowest BCUT2D eigenvalue weighted by Gasteiger charge is -2.35. The van der Waals surface area contributed by atoms with Gasteiger partial charge in [0.05, 0.1) is 30.8 Å². The summed E-state index contributed by atoms with van der Waals surface area (Å²) in [7, 11) is 3.25. The SMILES string of the molecule is COC(=O)N1CCc2ccc3c(nc([C@H]4CCC[C@H](CC(=O)O)C4)n3[C@H](C)[C@H]3CC[C@H](OC)CC3)c2C1. The van der Waals surface area contributed by atoms with Gasteiger partial charge in [0.25, 0.3) is 0 Å². The van der Waals surface area contributed by atoms with Crippen LogP contribution in [-0.2, 0) is 27.2 Å². The summed E-state index contributed by atoms with van der Waals surface area (Å²) in [6, 6.07) is 4.74. The number of carboxylic acid groups (broad SMARTS) is 1. The second-order valence-electron chi connectivity index (χ2n) is 11.4. The Morgan fingerprint density at radius 2 is 1.92 bits per heavy atom. The summed E-state index contributed by atoms with van der Waals surface area (Å²) in [4.78, 5) is 30.9. The summed E-state index contributed by atoms with van der Waals surface area (Å²) in [5.74, 6) is 1.39. The van der Waals surface area contributed by atoms with Crippen LogP contribution in [0, 0.1) is 11.8 Å². The van der Waals surface area contributed by atoms with Crippen molar-refractivity contribution in [1.82, 2.24) is 14.5 Å². The Bertz CT molecular complexity index is 1140. The molecule has 0 unspecified atom stereocenters. The summed E-state index contributed by atoms with van der Waals surface area (Å²) >= 11 is 0. The highest BCUT2D eigenvalue weighted by molar-refractivity contribution is 5.82. The first-order valence-corrected chi connectivity index (χ1v) is 14.0. The molecule has 8 nitrogen and oxygen atoms in total. The van der Waals surface area contributed by atoms with E-state index in [1.165, 1.54) is 12.7 Å². The zero-order valence-corrected chi connectivity index (χ0v) is 22.4. The molecule has 3 atom stereocenters. The van der Waals surface area contributed by atoms with E-state index < -0.39 is 5.97 Å². The van der Waals surface area contributed by atoms with Crippen LogP contribution in [0.15, 0.2) is 12.1 Å². The predicted octanol–water partition coefficient (Wildman–Crippen LogP) is 5.68. The third-order valence-corrected chi connectivity index (χ3v) is 9.28. The standard InChI is InChI=1S/C29H41N3O5/c1-18(20-7-10-23(36-2)11-8-20)32-25-12-9-21-13-14-31(29(35)37-3)17-24(21)27(25)30-28(32)22-6-4-5-19(15-22)16-26(33)34/h9,12,18-20,22-23H,4-8,10-11,13-17H2,1-3H3,(H,33,34)/t18-,19+,20-,22+,23-/m1/s1. The summed E-state index contributed by atoms with van der Waals surface area (Å²) in [6.07, 6.45) is 9.44. The Hall–Kier alpha value is -2.61. The van der Waals surface area contributed by atoms with Crippen LogP contribution < -0.4 is 0 Å². The van der Waals surface area contributed by atoms with Crippen LogP contribution in [-0.4, -0.2) is 58.5 Å². The number of nitrogens with zero attached hydrogens (tertiary/aromatic N) is 3. The fraction of sp³-hybridized carbons (Fsp3) is 0.690. The van der Waals surface area contributed by atoms with Gasteiger partial charge >= 0.3 is 12.1 Å². The van der Waals surface area contributed by atoms with Crippen LogP contribution in [0.4, 0.5) is 4.79 Å². The molecule has 5 rings (SSSR count). The molecule has 0 saturated heterocycles. The number of hydrogen-bond acceptors (Lipinski definition) is 5. The molecule has 2 fully saturated rings. The molecule has 1 amide bonds. The fourth-order valence-electron chi connectivity index (χ4n) is 7.19. The van der Waals surface area contributed by atoms with Gasteiger partial charge in [0.2, 0.25) is 0 Å². The normalized spacial score (nSPS) is 27.1. The van der Waals surface area contributed by atoms with Gasteiger partial charge in [-0.2, -0.15) is 0 Å². The van der Waals surface area contributed by atoms with E-state index in [-0.39, 0.29) is 30.4 Å². The number of carboxylic acids is 1. The molecular weight excluding hydrogens is 470 g/mol. The van der Waals surface area contributed by atoms with Crippen molar-refractivity contribution in [3.05, 3.63) is 29.1 Å². The van der Waals surface area contributed by atoms with Crippen LogP contribution in [0.5, 0.6) is 0 Å². The number of hydrogen-bond donors (Lipinski definition) is 1. The van der Waals surface area contributed by atoms with Gasteiger partial charge in [-0.1, -0.05) is 12.5 Å². The van der Waals surface area contributed by atoms with Crippen molar-refractivity contribution in [2.24, 2.45) is 11.8 Å². The first kappa shape index (κ1) is 26.0. The topological polar surface area (TPSA) is 93.9 Å². The summed E-state index contributed by atoms with van der Waals surface area (Å²) in [5.41, 5.74) is 4.52. The van der Waals surface area contributed by atoms with Crippen LogP contribution in [0.1, 0.15) is 93.6 Å². The molecule has 1 aromatic heterocycles. The van der Waals surface area contributed by atoms with Crippen molar-refractivity contribution >= 4 is 23.1 Å². The molecule has 2 saturated carbocycles. The van der Waals surface area contributed by atoms with E-state index in [9.17, 15) is 14.7 Å². The molecule has 0 bridgehead atoms. The van der Waals surface area contributed by atoms with Gasteiger partial charge in [-0.15, -0.1) is 0 Å². The van der Waals surface area contributed by atoms with E-state index in [0.29, 0.717) is 25.1 Å². The Labute approximate surface area is 219 Å². The second kappa shape index (κ2) is 11.0. The lowest BCUT2D eigenvalue weighted by molar-refractivity contribution is -0.138. The first-order chi connectivity index (χ1) is 17.9. The lowest BCUT2D eigenvalue weighted by Crippen LogP contribution is -2.35. The molecule has 2 aromatic rings. The maximum atomic E-state index is 12.3. The van der Waals surface area contributed by atoms with Gasteiger partial charge in [-0.25, -0.2) is 9.78 Å². The van der Waals surface area contributed by atoms with E-state index in [1.807, 2.05) is 7.11 Å². The number of methoxy groups -OCH3 is 2. The number of carbonyl (C=O) groups excluding carboxylic acids is 1. The number of amides is 1. The highest BCUT2D eigenvalue weighted by Crippen LogP contribution is 2.43. The van der Waals surface area contributed by atoms with Crippen molar-refractivity contribution in [2.75, 3.05) is 20.8 Å². The third kappa shape index (κ3) is 5.22. The summed E-state index contributed by atoms with van der Waals surface area (Å²) in [5, 5.41) is 9.44. The molecule has 3 aliphatic rings. The van der Waals surface area contributed by atoms with Gasteiger partial charge in [0.1, 0.15) is 5.82 Å².